The molecule has 1 amide bonds. The van der Waals surface area contributed by atoms with E-state index in [4.69, 9.17) is 5.11 Å². The molecule has 108 valence electrons. The number of carbonyl (C=O) groups is 2. The van der Waals surface area contributed by atoms with Crippen LogP contribution in [0.3, 0.4) is 0 Å². The van der Waals surface area contributed by atoms with Crippen LogP contribution < -0.4 is 5.32 Å². The number of carboxylic acids is 1. The molecule has 3 rings (SSSR count). The molecule has 0 aliphatic heterocycles. The minimum absolute atomic E-state index is 0.0921. The smallest absolute Gasteiger partial charge is 0.306 e. The van der Waals surface area contributed by atoms with Gasteiger partial charge in [0.25, 0.3) is 5.91 Å². The summed E-state index contributed by atoms with van der Waals surface area (Å²) in [6.45, 7) is 0. The van der Waals surface area contributed by atoms with Gasteiger partial charge in [-0.15, -0.1) is 0 Å². The van der Waals surface area contributed by atoms with E-state index in [1.165, 1.54) is 0 Å². The number of carbonyl (C=O) groups excluding carboxylic acids is 1. The Morgan fingerprint density at radius 3 is 2.76 bits per heavy atom. The Labute approximate surface area is 121 Å². The standard InChI is InChI=1S/C15H15N3O3/c19-14(18-10-5-4-9(8-10)15(20)21)11-2-1-3-12-13(11)17-7-6-16-12/h1-3,6-7,9-10H,4-5,8H2,(H,18,19)(H,20,21)/t9-,10+/m1/s1. The van der Waals surface area contributed by atoms with Crippen molar-refractivity contribution in [1.29, 1.82) is 0 Å². The second kappa shape index (κ2) is 5.47. The summed E-state index contributed by atoms with van der Waals surface area (Å²) in [5, 5.41) is 11.9. The van der Waals surface area contributed by atoms with Gasteiger partial charge in [0, 0.05) is 18.4 Å². The summed E-state index contributed by atoms with van der Waals surface area (Å²) in [4.78, 5) is 31.7. The van der Waals surface area contributed by atoms with Gasteiger partial charge in [-0.05, 0) is 31.4 Å². The van der Waals surface area contributed by atoms with E-state index in [2.05, 4.69) is 15.3 Å². The molecule has 0 bridgehead atoms. The van der Waals surface area contributed by atoms with E-state index < -0.39 is 5.97 Å². The van der Waals surface area contributed by atoms with Gasteiger partial charge in [-0.2, -0.15) is 0 Å². The highest BCUT2D eigenvalue weighted by molar-refractivity contribution is 6.04. The zero-order valence-corrected chi connectivity index (χ0v) is 11.3. The number of nitrogens with zero attached hydrogens (tertiary/aromatic N) is 2. The summed E-state index contributed by atoms with van der Waals surface area (Å²) in [7, 11) is 0. The summed E-state index contributed by atoms with van der Waals surface area (Å²) in [6, 6.07) is 5.18. The Balaban J connectivity index is 1.78. The maximum Gasteiger partial charge on any atom is 0.306 e. The second-order valence-corrected chi connectivity index (χ2v) is 5.25. The maximum atomic E-state index is 12.4. The summed E-state index contributed by atoms with van der Waals surface area (Å²) in [6.07, 6.45) is 4.92. The molecule has 1 fully saturated rings. The van der Waals surface area contributed by atoms with Crippen LogP contribution in [-0.2, 0) is 4.79 Å². The highest BCUT2D eigenvalue weighted by atomic mass is 16.4. The average Bonchev–Trinajstić information content (AvgIpc) is 2.95. The zero-order valence-electron chi connectivity index (χ0n) is 11.3. The van der Waals surface area contributed by atoms with Crippen LogP contribution in [0.5, 0.6) is 0 Å². The van der Waals surface area contributed by atoms with Gasteiger partial charge in [0.2, 0.25) is 0 Å². The molecule has 6 heteroatoms. The van der Waals surface area contributed by atoms with Crippen LogP contribution in [0.25, 0.3) is 11.0 Å². The van der Waals surface area contributed by atoms with Gasteiger partial charge in [0.1, 0.15) is 5.52 Å². The quantitative estimate of drug-likeness (QED) is 0.893. The summed E-state index contributed by atoms with van der Waals surface area (Å²) in [5.41, 5.74) is 1.70. The third-order valence-electron chi connectivity index (χ3n) is 3.86. The Bertz CT molecular complexity index is 696. The van der Waals surface area contributed by atoms with Crippen molar-refractivity contribution >= 4 is 22.9 Å². The zero-order chi connectivity index (χ0) is 14.8. The third-order valence-corrected chi connectivity index (χ3v) is 3.86. The molecular formula is C15H15N3O3. The number of rotatable bonds is 3. The average molecular weight is 285 g/mol. The lowest BCUT2D eigenvalue weighted by Gasteiger charge is -2.13. The molecule has 1 aromatic carbocycles. The highest BCUT2D eigenvalue weighted by Gasteiger charge is 2.30. The number of carboxylic acid groups (broad SMARTS) is 1. The number of para-hydroxylation sites is 1. The van der Waals surface area contributed by atoms with Crippen molar-refractivity contribution < 1.29 is 14.7 Å². The van der Waals surface area contributed by atoms with Crippen molar-refractivity contribution in [1.82, 2.24) is 15.3 Å². The predicted octanol–water partition coefficient (Wildman–Crippen LogP) is 1.61. The van der Waals surface area contributed by atoms with E-state index in [-0.39, 0.29) is 17.9 Å². The van der Waals surface area contributed by atoms with E-state index in [0.717, 1.165) is 0 Å². The Hall–Kier alpha value is -2.50. The molecule has 1 aromatic heterocycles. The van der Waals surface area contributed by atoms with Crippen molar-refractivity contribution in [3.8, 4) is 0 Å². The fourth-order valence-corrected chi connectivity index (χ4v) is 2.78. The molecule has 0 saturated heterocycles. The summed E-state index contributed by atoms with van der Waals surface area (Å²) >= 11 is 0. The van der Waals surface area contributed by atoms with E-state index in [1.807, 2.05) is 0 Å². The van der Waals surface area contributed by atoms with Gasteiger partial charge in [-0.1, -0.05) is 6.07 Å². The Morgan fingerprint density at radius 2 is 2.00 bits per heavy atom. The highest BCUT2D eigenvalue weighted by Crippen LogP contribution is 2.26. The van der Waals surface area contributed by atoms with E-state index >= 15 is 0 Å². The molecule has 0 radical (unpaired) electrons. The predicted molar refractivity (Wildman–Crippen MR) is 75.8 cm³/mol. The van der Waals surface area contributed by atoms with Crippen LogP contribution in [0.15, 0.2) is 30.6 Å². The number of nitrogens with one attached hydrogen (secondary N) is 1. The Kier molecular flexibility index (Phi) is 3.51. The first-order valence-corrected chi connectivity index (χ1v) is 6.88. The molecule has 21 heavy (non-hydrogen) atoms. The molecule has 1 saturated carbocycles. The SMILES string of the molecule is O=C(N[C@H]1CC[C@@H](C(=O)O)C1)c1cccc2nccnc12. The summed E-state index contributed by atoms with van der Waals surface area (Å²) < 4.78 is 0. The lowest BCUT2D eigenvalue weighted by molar-refractivity contribution is -0.141. The fourth-order valence-electron chi connectivity index (χ4n) is 2.78. The van der Waals surface area contributed by atoms with Crippen molar-refractivity contribution in [3.63, 3.8) is 0 Å². The first-order chi connectivity index (χ1) is 10.1. The van der Waals surface area contributed by atoms with Crippen molar-refractivity contribution in [2.24, 2.45) is 5.92 Å². The topological polar surface area (TPSA) is 92.2 Å². The first kappa shape index (κ1) is 13.5. The van der Waals surface area contributed by atoms with Crippen LogP contribution in [0.1, 0.15) is 29.6 Å². The van der Waals surface area contributed by atoms with Gasteiger partial charge in [-0.3, -0.25) is 19.6 Å². The van der Waals surface area contributed by atoms with Crippen LogP contribution >= 0.6 is 0 Å². The van der Waals surface area contributed by atoms with Crippen molar-refractivity contribution in [2.45, 2.75) is 25.3 Å². The number of hydrogen-bond donors (Lipinski definition) is 2. The molecule has 1 aliphatic rings. The molecule has 2 N–H and O–H groups in total. The number of aromatic nitrogens is 2. The lowest BCUT2D eigenvalue weighted by Crippen LogP contribution is -2.33. The molecular weight excluding hydrogens is 270 g/mol. The normalized spacial score (nSPS) is 21.3. The monoisotopic (exact) mass is 285 g/mol. The number of hydrogen-bond acceptors (Lipinski definition) is 4. The number of aliphatic carboxylic acids is 1. The molecule has 1 heterocycles. The van der Waals surface area contributed by atoms with Gasteiger partial charge < -0.3 is 10.4 Å². The van der Waals surface area contributed by atoms with Gasteiger partial charge in [0.15, 0.2) is 0 Å². The number of benzene rings is 1. The van der Waals surface area contributed by atoms with Crippen LogP contribution in [0.4, 0.5) is 0 Å². The minimum Gasteiger partial charge on any atom is -0.481 e. The number of fused-ring (bicyclic) bond motifs is 1. The van der Waals surface area contributed by atoms with Gasteiger partial charge in [-0.25, -0.2) is 0 Å². The second-order valence-electron chi connectivity index (χ2n) is 5.25. The summed E-state index contributed by atoms with van der Waals surface area (Å²) in [5.74, 6) is -1.37. The lowest BCUT2D eigenvalue weighted by atomic mass is 10.1. The van der Waals surface area contributed by atoms with E-state index in [1.54, 1.807) is 30.6 Å². The van der Waals surface area contributed by atoms with Crippen molar-refractivity contribution in [2.75, 3.05) is 0 Å². The molecule has 0 unspecified atom stereocenters. The van der Waals surface area contributed by atoms with Gasteiger partial charge in [0.05, 0.1) is 17.0 Å². The molecule has 6 nitrogen and oxygen atoms in total. The van der Waals surface area contributed by atoms with Crippen LogP contribution in [-0.4, -0.2) is 33.0 Å². The number of amides is 1. The van der Waals surface area contributed by atoms with Crippen molar-refractivity contribution in [3.05, 3.63) is 36.2 Å². The van der Waals surface area contributed by atoms with E-state index in [9.17, 15) is 9.59 Å². The molecule has 1 aliphatic carbocycles. The minimum atomic E-state index is -0.789. The Morgan fingerprint density at radius 1 is 1.19 bits per heavy atom. The fraction of sp³-hybridized carbons (Fsp3) is 0.333. The maximum absolute atomic E-state index is 12.4. The van der Waals surface area contributed by atoms with Crippen LogP contribution in [0.2, 0.25) is 0 Å². The molecule has 2 aromatic rings. The largest absolute Gasteiger partial charge is 0.481 e. The molecule has 2 atom stereocenters. The first-order valence-electron chi connectivity index (χ1n) is 6.88. The third kappa shape index (κ3) is 2.69. The molecule has 0 spiro atoms. The van der Waals surface area contributed by atoms with Crippen LogP contribution in [0, 0.1) is 5.92 Å². The van der Waals surface area contributed by atoms with Gasteiger partial charge >= 0.3 is 5.97 Å². The van der Waals surface area contributed by atoms with E-state index in [0.29, 0.717) is 35.9 Å².